The van der Waals surface area contributed by atoms with Crippen molar-refractivity contribution in [2.24, 2.45) is 0 Å². The molecule has 5 heteroatoms. The van der Waals surface area contributed by atoms with Crippen LogP contribution in [0.25, 0.3) is 0 Å². The van der Waals surface area contributed by atoms with Crippen LogP contribution in [0.4, 0.5) is 0 Å². The molecule has 1 aromatic heterocycles. The van der Waals surface area contributed by atoms with Gasteiger partial charge in [-0.25, -0.2) is 0 Å². The Morgan fingerprint density at radius 3 is 2.60 bits per heavy atom. The van der Waals surface area contributed by atoms with E-state index in [4.69, 9.17) is 27.9 Å². The molecule has 0 amide bonds. The molecule has 1 atom stereocenters. The summed E-state index contributed by atoms with van der Waals surface area (Å²) in [6.45, 7) is 4.79. The molecule has 1 aromatic carbocycles. The first-order chi connectivity index (χ1) is 9.56. The summed E-state index contributed by atoms with van der Waals surface area (Å²) in [6.07, 6.45) is 0.876. The molecule has 3 nitrogen and oxygen atoms in total. The zero-order valence-electron chi connectivity index (χ0n) is 11.4. The van der Waals surface area contributed by atoms with Crippen molar-refractivity contribution >= 4 is 23.2 Å². The van der Waals surface area contributed by atoms with E-state index in [9.17, 15) is 0 Å². The fourth-order valence-electron chi connectivity index (χ4n) is 2.59. The number of aromatic nitrogens is 1. The third kappa shape index (κ3) is 2.36. The van der Waals surface area contributed by atoms with E-state index in [2.05, 4.69) is 36.1 Å². The Balaban J connectivity index is 1.98. The zero-order valence-corrected chi connectivity index (χ0v) is 12.9. The van der Waals surface area contributed by atoms with Gasteiger partial charge in [-0.3, -0.25) is 4.68 Å². The van der Waals surface area contributed by atoms with Crippen LogP contribution in [0.2, 0.25) is 10.0 Å². The number of halogens is 2. The minimum atomic E-state index is 0.139. The highest BCUT2D eigenvalue weighted by atomic mass is 35.5. The largest absolute Gasteiger partial charge is 0.492 e. The van der Waals surface area contributed by atoms with Gasteiger partial charge in [0.25, 0.3) is 0 Å². The molecule has 0 aliphatic carbocycles. The average molecular weight is 311 g/mol. The number of nitrogens with one attached hydrogen (secondary N) is 1. The van der Waals surface area contributed by atoms with Gasteiger partial charge in [-0.2, -0.15) is 0 Å². The first kappa shape index (κ1) is 13.7. The van der Waals surface area contributed by atoms with E-state index in [1.165, 1.54) is 11.4 Å². The predicted molar refractivity (Wildman–Crippen MR) is 82.6 cm³/mol. The van der Waals surface area contributed by atoms with Gasteiger partial charge in [-0.15, -0.1) is 0 Å². The molecule has 0 fully saturated rings. The van der Waals surface area contributed by atoms with Gasteiger partial charge in [0, 0.05) is 28.4 Å². The fourth-order valence-corrected chi connectivity index (χ4v) is 3.15. The lowest BCUT2D eigenvalue weighted by Crippen LogP contribution is -2.27. The van der Waals surface area contributed by atoms with Crippen molar-refractivity contribution in [2.45, 2.75) is 26.3 Å². The summed E-state index contributed by atoms with van der Waals surface area (Å²) in [7, 11) is 0. The smallest absolute Gasteiger partial charge is 0.143 e. The molecule has 0 saturated heterocycles. The van der Waals surface area contributed by atoms with Crippen LogP contribution in [-0.4, -0.2) is 11.3 Å². The monoisotopic (exact) mass is 310 g/mol. The highest BCUT2D eigenvalue weighted by Gasteiger charge is 2.25. The number of ether oxygens (including phenoxy) is 1. The van der Waals surface area contributed by atoms with E-state index < -0.39 is 0 Å². The number of hydrogen-bond donors (Lipinski definition) is 1. The minimum absolute atomic E-state index is 0.139. The van der Waals surface area contributed by atoms with Crippen LogP contribution in [0.5, 0.6) is 5.75 Å². The topological polar surface area (TPSA) is 26.2 Å². The van der Waals surface area contributed by atoms with Crippen molar-refractivity contribution in [2.75, 3.05) is 12.0 Å². The number of fused-ring (bicyclic) bond motifs is 1. The molecule has 2 heterocycles. The van der Waals surface area contributed by atoms with Crippen molar-refractivity contribution in [3.8, 4) is 5.75 Å². The Morgan fingerprint density at radius 2 is 1.90 bits per heavy atom. The van der Waals surface area contributed by atoms with Gasteiger partial charge in [0.15, 0.2) is 0 Å². The molecule has 0 spiro atoms. The maximum absolute atomic E-state index is 6.21. The van der Waals surface area contributed by atoms with E-state index >= 15 is 0 Å². The SMILES string of the molecule is Cc1ccc(C)n1NC1CCOc2c(Cl)cc(Cl)cc21. The number of rotatable bonds is 2. The summed E-state index contributed by atoms with van der Waals surface area (Å²) in [6, 6.07) is 7.96. The Labute approximate surface area is 128 Å². The van der Waals surface area contributed by atoms with Gasteiger partial charge in [0.2, 0.25) is 0 Å². The van der Waals surface area contributed by atoms with Crippen molar-refractivity contribution in [1.82, 2.24) is 4.68 Å². The quantitative estimate of drug-likeness (QED) is 0.885. The van der Waals surface area contributed by atoms with Crippen molar-refractivity contribution in [1.29, 1.82) is 0 Å². The maximum atomic E-state index is 6.21. The van der Waals surface area contributed by atoms with Crippen LogP contribution < -0.4 is 10.2 Å². The molecule has 1 unspecified atom stereocenters. The molecule has 20 heavy (non-hydrogen) atoms. The predicted octanol–water partition coefficient (Wildman–Crippen LogP) is 4.48. The number of benzene rings is 1. The first-order valence-electron chi connectivity index (χ1n) is 6.59. The Bertz CT molecular complexity index is 632. The fraction of sp³-hybridized carbons (Fsp3) is 0.333. The average Bonchev–Trinajstić information content (AvgIpc) is 2.71. The number of hydrogen-bond acceptors (Lipinski definition) is 2. The Morgan fingerprint density at radius 1 is 1.20 bits per heavy atom. The van der Waals surface area contributed by atoms with Gasteiger partial charge >= 0.3 is 0 Å². The number of nitrogens with zero attached hydrogens (tertiary/aromatic N) is 1. The van der Waals surface area contributed by atoms with E-state index in [0.717, 1.165) is 17.7 Å². The second-order valence-electron chi connectivity index (χ2n) is 5.08. The summed E-state index contributed by atoms with van der Waals surface area (Å²) >= 11 is 12.3. The van der Waals surface area contributed by atoms with Gasteiger partial charge in [0.05, 0.1) is 17.7 Å². The first-order valence-corrected chi connectivity index (χ1v) is 7.35. The maximum Gasteiger partial charge on any atom is 0.143 e. The van der Waals surface area contributed by atoms with Crippen molar-refractivity contribution in [3.05, 3.63) is 51.3 Å². The lowest BCUT2D eigenvalue weighted by Gasteiger charge is -2.29. The Hall–Kier alpha value is -1.32. The molecule has 1 aliphatic rings. The van der Waals surface area contributed by atoms with Gasteiger partial charge in [0.1, 0.15) is 5.75 Å². The third-order valence-electron chi connectivity index (χ3n) is 3.62. The Kier molecular flexibility index (Phi) is 3.57. The number of aryl methyl sites for hydroxylation is 2. The molecule has 2 aromatic rings. The summed E-state index contributed by atoms with van der Waals surface area (Å²) in [4.78, 5) is 0. The third-order valence-corrected chi connectivity index (χ3v) is 4.12. The second-order valence-corrected chi connectivity index (χ2v) is 5.92. The standard InChI is InChI=1S/C15H16Cl2N2O/c1-9-3-4-10(2)19(9)18-14-5-6-20-15-12(14)7-11(16)8-13(15)17/h3-4,7-8,14,18H,5-6H2,1-2H3. The van der Waals surface area contributed by atoms with E-state index in [0.29, 0.717) is 16.7 Å². The van der Waals surface area contributed by atoms with Gasteiger partial charge < -0.3 is 10.2 Å². The molecule has 0 bridgehead atoms. The summed E-state index contributed by atoms with van der Waals surface area (Å²) in [5.41, 5.74) is 6.88. The van der Waals surface area contributed by atoms with E-state index in [1.54, 1.807) is 6.07 Å². The van der Waals surface area contributed by atoms with Crippen molar-refractivity contribution < 1.29 is 4.74 Å². The second kappa shape index (κ2) is 5.23. The lowest BCUT2D eigenvalue weighted by atomic mass is 10.0. The molecular formula is C15H16Cl2N2O. The minimum Gasteiger partial charge on any atom is -0.492 e. The van der Waals surface area contributed by atoms with Crippen LogP contribution in [0.1, 0.15) is 29.4 Å². The van der Waals surface area contributed by atoms with Crippen LogP contribution >= 0.6 is 23.2 Å². The van der Waals surface area contributed by atoms with Gasteiger partial charge in [-0.05, 0) is 38.1 Å². The molecule has 106 valence electrons. The highest BCUT2D eigenvalue weighted by molar-refractivity contribution is 6.35. The lowest BCUT2D eigenvalue weighted by molar-refractivity contribution is 0.269. The van der Waals surface area contributed by atoms with E-state index in [-0.39, 0.29) is 6.04 Å². The summed E-state index contributed by atoms with van der Waals surface area (Å²) in [5.74, 6) is 0.738. The molecule has 0 saturated carbocycles. The van der Waals surface area contributed by atoms with Crippen LogP contribution in [0, 0.1) is 13.8 Å². The van der Waals surface area contributed by atoms with Crippen LogP contribution in [-0.2, 0) is 0 Å². The summed E-state index contributed by atoms with van der Waals surface area (Å²) in [5, 5.41) is 1.20. The van der Waals surface area contributed by atoms with Crippen LogP contribution in [0.3, 0.4) is 0 Å². The molecule has 0 radical (unpaired) electrons. The summed E-state index contributed by atoms with van der Waals surface area (Å²) < 4.78 is 7.77. The van der Waals surface area contributed by atoms with Crippen LogP contribution in [0.15, 0.2) is 24.3 Å². The molecule has 1 N–H and O–H groups in total. The normalized spacial score (nSPS) is 17.5. The van der Waals surface area contributed by atoms with Crippen molar-refractivity contribution in [3.63, 3.8) is 0 Å². The van der Waals surface area contributed by atoms with E-state index in [1.807, 2.05) is 6.07 Å². The zero-order chi connectivity index (χ0) is 14.3. The molecule has 1 aliphatic heterocycles. The molecule has 3 rings (SSSR count). The highest BCUT2D eigenvalue weighted by Crippen LogP contribution is 2.40. The molecular weight excluding hydrogens is 295 g/mol. The van der Waals surface area contributed by atoms with Gasteiger partial charge in [-0.1, -0.05) is 23.2 Å².